The molecule has 1 aromatic heterocycles. The number of carbonyl (C=O) groups excluding carboxylic acids is 2. The van der Waals surface area contributed by atoms with E-state index < -0.39 is 5.41 Å². The zero-order valence-corrected chi connectivity index (χ0v) is 14.1. The van der Waals surface area contributed by atoms with Gasteiger partial charge in [-0.2, -0.15) is 0 Å². The molecule has 2 aliphatic rings. The first-order valence-electron chi connectivity index (χ1n) is 8.63. The molecule has 3 heterocycles. The number of amides is 2. The third kappa shape index (κ3) is 2.22. The maximum absolute atomic E-state index is 12.7. The number of rotatable bonds is 2. The summed E-state index contributed by atoms with van der Waals surface area (Å²) in [6, 6.07) is 8.49. The average molecular weight is 325 g/mol. The quantitative estimate of drug-likeness (QED) is 0.890. The highest BCUT2D eigenvalue weighted by Crippen LogP contribution is 2.41. The largest absolute Gasteiger partial charge is 0.356 e. The number of fused-ring (bicyclic) bond motifs is 1. The summed E-state index contributed by atoms with van der Waals surface area (Å²) in [5.74, 6) is -0.192. The summed E-state index contributed by atoms with van der Waals surface area (Å²) in [6.07, 6.45) is 4.42. The number of aromatic nitrogens is 1. The van der Waals surface area contributed by atoms with Crippen LogP contribution >= 0.6 is 0 Å². The van der Waals surface area contributed by atoms with Gasteiger partial charge in [0.05, 0.1) is 17.4 Å². The van der Waals surface area contributed by atoms with Crippen molar-refractivity contribution in [3.05, 3.63) is 36.0 Å². The minimum Gasteiger partial charge on any atom is -0.356 e. The first-order chi connectivity index (χ1) is 11.5. The fraction of sp³-hybridized carbons (Fsp3) is 0.474. The highest BCUT2D eigenvalue weighted by atomic mass is 16.2. The monoisotopic (exact) mass is 325 g/mol. The van der Waals surface area contributed by atoms with E-state index in [1.165, 1.54) is 10.9 Å². The summed E-state index contributed by atoms with van der Waals surface area (Å²) in [6.45, 7) is 2.60. The van der Waals surface area contributed by atoms with Crippen LogP contribution in [0.1, 0.15) is 37.8 Å². The van der Waals surface area contributed by atoms with Crippen LogP contribution in [0.3, 0.4) is 0 Å². The Bertz CT molecular complexity index is 825. The SMILES string of the molecule is Cn1ccc2cc(C3CCC([C@@]4(C)CCNC4=O)C(=O)N3)ccc21. The van der Waals surface area contributed by atoms with Crippen LogP contribution in [0.15, 0.2) is 30.5 Å². The predicted molar refractivity (Wildman–Crippen MR) is 92.3 cm³/mol. The van der Waals surface area contributed by atoms with Crippen molar-refractivity contribution in [1.82, 2.24) is 15.2 Å². The Morgan fingerprint density at radius 3 is 2.75 bits per heavy atom. The molecule has 2 N–H and O–H groups in total. The first-order valence-corrected chi connectivity index (χ1v) is 8.63. The molecule has 1 aromatic carbocycles. The van der Waals surface area contributed by atoms with Crippen LogP contribution in [0.2, 0.25) is 0 Å². The van der Waals surface area contributed by atoms with Crippen molar-refractivity contribution in [3.63, 3.8) is 0 Å². The lowest BCUT2D eigenvalue weighted by molar-refractivity contribution is -0.141. The van der Waals surface area contributed by atoms with Crippen molar-refractivity contribution in [2.45, 2.75) is 32.2 Å². The normalized spacial score (nSPS) is 30.4. The Kier molecular flexibility index (Phi) is 3.41. The van der Waals surface area contributed by atoms with E-state index in [4.69, 9.17) is 0 Å². The lowest BCUT2D eigenvalue weighted by atomic mass is 9.70. The number of nitrogens with one attached hydrogen (secondary N) is 2. The molecule has 0 aliphatic carbocycles. The summed E-state index contributed by atoms with van der Waals surface area (Å²) < 4.78 is 2.09. The molecule has 0 bridgehead atoms. The van der Waals surface area contributed by atoms with Gasteiger partial charge in [0.15, 0.2) is 0 Å². The second-order valence-corrected chi connectivity index (χ2v) is 7.36. The van der Waals surface area contributed by atoms with Gasteiger partial charge >= 0.3 is 0 Å². The summed E-state index contributed by atoms with van der Waals surface area (Å²) >= 11 is 0. The Labute approximate surface area is 141 Å². The number of nitrogens with zero attached hydrogens (tertiary/aromatic N) is 1. The fourth-order valence-corrected chi connectivity index (χ4v) is 4.27. The average Bonchev–Trinajstić information content (AvgIpc) is 3.11. The number of hydrogen-bond acceptors (Lipinski definition) is 2. The molecule has 2 saturated heterocycles. The Balaban J connectivity index is 1.55. The highest BCUT2D eigenvalue weighted by molar-refractivity contribution is 5.92. The second kappa shape index (κ2) is 5.36. The minimum absolute atomic E-state index is 0.0129. The maximum Gasteiger partial charge on any atom is 0.226 e. The molecule has 0 saturated carbocycles. The number of aryl methyl sites for hydroxylation is 1. The molecule has 4 rings (SSSR count). The van der Waals surface area contributed by atoms with Crippen molar-refractivity contribution >= 4 is 22.7 Å². The van der Waals surface area contributed by atoms with Gasteiger partial charge in [0.1, 0.15) is 0 Å². The van der Waals surface area contributed by atoms with Crippen LogP contribution in [-0.2, 0) is 16.6 Å². The second-order valence-electron chi connectivity index (χ2n) is 7.36. The topological polar surface area (TPSA) is 63.1 Å². The lowest BCUT2D eigenvalue weighted by Gasteiger charge is -2.37. The van der Waals surface area contributed by atoms with E-state index in [0.717, 1.165) is 24.8 Å². The standard InChI is InChI=1S/C19H23N3O2/c1-19(8-9-20-18(19)24)14-4-5-15(21-17(14)23)12-3-6-16-13(11-12)7-10-22(16)2/h3,6-7,10-11,14-15H,4-5,8-9H2,1-2H3,(H,20,24)(H,21,23)/t14?,15?,19-/m1/s1. The summed E-state index contributed by atoms with van der Waals surface area (Å²) in [4.78, 5) is 24.8. The number of piperidine rings is 1. The Hall–Kier alpha value is -2.30. The molecule has 5 nitrogen and oxygen atoms in total. The molecule has 0 radical (unpaired) electrons. The number of benzene rings is 1. The van der Waals surface area contributed by atoms with Gasteiger partial charge in [0, 0.05) is 25.3 Å². The molecule has 2 unspecified atom stereocenters. The molecule has 0 spiro atoms. The maximum atomic E-state index is 12.7. The molecule has 3 atom stereocenters. The van der Waals surface area contributed by atoms with Crippen molar-refractivity contribution in [2.75, 3.05) is 6.54 Å². The number of hydrogen-bond donors (Lipinski definition) is 2. The van der Waals surface area contributed by atoms with Gasteiger partial charge in [0.25, 0.3) is 0 Å². The smallest absolute Gasteiger partial charge is 0.226 e. The predicted octanol–water partition coefficient (Wildman–Crippen LogP) is 2.27. The molecule has 126 valence electrons. The highest BCUT2D eigenvalue weighted by Gasteiger charge is 2.49. The minimum atomic E-state index is -0.557. The van der Waals surface area contributed by atoms with Crippen LogP contribution in [0.25, 0.3) is 10.9 Å². The first kappa shape index (κ1) is 15.2. The van der Waals surface area contributed by atoms with E-state index in [1.54, 1.807) is 0 Å². The molecule has 2 aliphatic heterocycles. The van der Waals surface area contributed by atoms with Gasteiger partial charge in [-0.15, -0.1) is 0 Å². The van der Waals surface area contributed by atoms with Crippen LogP contribution in [-0.4, -0.2) is 22.9 Å². The van der Waals surface area contributed by atoms with E-state index in [1.807, 2.05) is 20.2 Å². The molecule has 2 fully saturated rings. The molecule has 2 amide bonds. The van der Waals surface area contributed by atoms with Crippen LogP contribution in [0.4, 0.5) is 0 Å². The molecular formula is C19H23N3O2. The molecule has 24 heavy (non-hydrogen) atoms. The van der Waals surface area contributed by atoms with E-state index in [2.05, 4.69) is 39.5 Å². The van der Waals surface area contributed by atoms with Gasteiger partial charge in [-0.25, -0.2) is 0 Å². The zero-order valence-electron chi connectivity index (χ0n) is 14.1. The molecular weight excluding hydrogens is 302 g/mol. The van der Waals surface area contributed by atoms with Gasteiger partial charge in [0.2, 0.25) is 11.8 Å². The van der Waals surface area contributed by atoms with E-state index >= 15 is 0 Å². The Morgan fingerprint density at radius 1 is 1.21 bits per heavy atom. The third-order valence-corrected chi connectivity index (χ3v) is 5.91. The van der Waals surface area contributed by atoms with Gasteiger partial charge in [-0.05, 0) is 55.3 Å². The van der Waals surface area contributed by atoms with Crippen molar-refractivity contribution in [1.29, 1.82) is 0 Å². The van der Waals surface area contributed by atoms with Gasteiger partial charge in [-0.1, -0.05) is 6.07 Å². The van der Waals surface area contributed by atoms with Crippen molar-refractivity contribution < 1.29 is 9.59 Å². The summed E-state index contributed by atoms with van der Waals surface area (Å²) in [7, 11) is 2.03. The van der Waals surface area contributed by atoms with E-state index in [-0.39, 0.29) is 23.8 Å². The van der Waals surface area contributed by atoms with Crippen LogP contribution in [0.5, 0.6) is 0 Å². The number of carbonyl (C=O) groups is 2. The zero-order chi connectivity index (χ0) is 16.9. The fourth-order valence-electron chi connectivity index (χ4n) is 4.27. The van der Waals surface area contributed by atoms with Crippen molar-refractivity contribution in [2.24, 2.45) is 18.4 Å². The van der Waals surface area contributed by atoms with Gasteiger partial charge in [-0.3, -0.25) is 9.59 Å². The van der Waals surface area contributed by atoms with Crippen LogP contribution < -0.4 is 10.6 Å². The molecule has 5 heteroatoms. The van der Waals surface area contributed by atoms with Crippen molar-refractivity contribution in [3.8, 4) is 0 Å². The van der Waals surface area contributed by atoms with Gasteiger partial charge < -0.3 is 15.2 Å². The van der Waals surface area contributed by atoms with Crippen LogP contribution in [0, 0.1) is 11.3 Å². The summed E-state index contributed by atoms with van der Waals surface area (Å²) in [5.41, 5.74) is 1.77. The lowest BCUT2D eigenvalue weighted by Crippen LogP contribution is -2.48. The van der Waals surface area contributed by atoms with E-state index in [0.29, 0.717) is 6.54 Å². The summed E-state index contributed by atoms with van der Waals surface area (Å²) in [5, 5.41) is 7.21. The third-order valence-electron chi connectivity index (χ3n) is 5.91. The Morgan fingerprint density at radius 2 is 2.04 bits per heavy atom. The van der Waals surface area contributed by atoms with E-state index in [9.17, 15) is 9.59 Å². The molecule has 2 aromatic rings.